The van der Waals surface area contributed by atoms with Gasteiger partial charge in [0, 0.05) is 38.4 Å². The van der Waals surface area contributed by atoms with E-state index in [4.69, 9.17) is 9.15 Å². The van der Waals surface area contributed by atoms with Gasteiger partial charge in [-0.2, -0.15) is 0 Å². The van der Waals surface area contributed by atoms with Crippen LogP contribution >= 0.6 is 0 Å². The highest BCUT2D eigenvalue weighted by Crippen LogP contribution is 2.22. The van der Waals surface area contributed by atoms with Crippen molar-refractivity contribution in [1.29, 1.82) is 0 Å². The van der Waals surface area contributed by atoms with Crippen molar-refractivity contribution in [2.75, 3.05) is 13.1 Å². The standard InChI is InChI=1S/C24H25NO4/c1-17-15-21(16-24(27)28-17)29-20-11-13-25(14-12-20)23(26)10-9-19-7-4-6-18-5-2-3-8-22(18)19/h2-8,15-16,20H,9-14H2,1H3. The minimum absolute atomic E-state index is 0.0123. The number of benzene rings is 2. The van der Waals surface area contributed by atoms with E-state index in [9.17, 15) is 9.59 Å². The molecule has 0 bridgehead atoms. The summed E-state index contributed by atoms with van der Waals surface area (Å²) in [6, 6.07) is 17.6. The summed E-state index contributed by atoms with van der Waals surface area (Å²) in [6.45, 7) is 3.09. The van der Waals surface area contributed by atoms with E-state index in [1.807, 2.05) is 17.0 Å². The number of fused-ring (bicyclic) bond motifs is 1. The number of hydrogen-bond acceptors (Lipinski definition) is 4. The van der Waals surface area contributed by atoms with Crippen LogP contribution in [0.1, 0.15) is 30.6 Å². The lowest BCUT2D eigenvalue weighted by Gasteiger charge is -2.32. The third kappa shape index (κ3) is 4.67. The quantitative estimate of drug-likeness (QED) is 0.657. The fourth-order valence-electron chi connectivity index (χ4n) is 3.97. The number of ether oxygens (including phenoxy) is 1. The molecule has 1 amide bonds. The van der Waals surface area contributed by atoms with E-state index in [2.05, 4.69) is 30.3 Å². The molecule has 3 aromatic rings. The third-order valence-corrected chi connectivity index (χ3v) is 5.45. The van der Waals surface area contributed by atoms with E-state index in [0.717, 1.165) is 19.3 Å². The fourth-order valence-corrected chi connectivity index (χ4v) is 3.97. The highest BCUT2D eigenvalue weighted by Gasteiger charge is 2.24. The summed E-state index contributed by atoms with van der Waals surface area (Å²) in [7, 11) is 0. The zero-order valence-corrected chi connectivity index (χ0v) is 16.6. The molecule has 5 nitrogen and oxygen atoms in total. The molecule has 0 atom stereocenters. The van der Waals surface area contributed by atoms with Crippen LogP contribution in [0.5, 0.6) is 5.75 Å². The Labute approximate surface area is 169 Å². The number of hydrogen-bond donors (Lipinski definition) is 0. The molecular weight excluding hydrogens is 366 g/mol. The van der Waals surface area contributed by atoms with Crippen molar-refractivity contribution in [1.82, 2.24) is 4.90 Å². The number of likely N-dealkylation sites (tertiary alicyclic amines) is 1. The molecule has 2 aromatic carbocycles. The maximum atomic E-state index is 12.7. The van der Waals surface area contributed by atoms with Crippen LogP contribution in [0.2, 0.25) is 0 Å². The molecule has 0 N–H and O–H groups in total. The van der Waals surface area contributed by atoms with Gasteiger partial charge < -0.3 is 14.1 Å². The van der Waals surface area contributed by atoms with Crippen LogP contribution in [0.25, 0.3) is 10.8 Å². The first kappa shape index (κ1) is 19.2. The molecule has 0 spiro atoms. The summed E-state index contributed by atoms with van der Waals surface area (Å²) in [5.74, 6) is 1.26. The van der Waals surface area contributed by atoms with Crippen LogP contribution in [0.4, 0.5) is 0 Å². The highest BCUT2D eigenvalue weighted by atomic mass is 16.5. The molecule has 0 unspecified atom stereocenters. The summed E-state index contributed by atoms with van der Waals surface area (Å²) in [4.78, 5) is 26.1. The van der Waals surface area contributed by atoms with Gasteiger partial charge in [0.15, 0.2) is 0 Å². The number of rotatable bonds is 5. The van der Waals surface area contributed by atoms with Crippen LogP contribution in [0.15, 0.2) is 63.8 Å². The number of piperidine rings is 1. The highest BCUT2D eigenvalue weighted by molar-refractivity contribution is 5.86. The van der Waals surface area contributed by atoms with Gasteiger partial charge in [0.25, 0.3) is 0 Å². The molecule has 1 saturated heterocycles. The lowest BCUT2D eigenvalue weighted by Crippen LogP contribution is -2.41. The smallest absolute Gasteiger partial charge is 0.339 e. The van der Waals surface area contributed by atoms with Gasteiger partial charge in [0.1, 0.15) is 17.6 Å². The van der Waals surface area contributed by atoms with Crippen molar-refractivity contribution in [2.24, 2.45) is 0 Å². The number of amides is 1. The van der Waals surface area contributed by atoms with Gasteiger partial charge in [0.05, 0.1) is 6.07 Å². The molecule has 1 fully saturated rings. The fraction of sp³-hybridized carbons (Fsp3) is 0.333. The van der Waals surface area contributed by atoms with Crippen molar-refractivity contribution < 1.29 is 13.9 Å². The predicted molar refractivity (Wildman–Crippen MR) is 112 cm³/mol. The first-order valence-corrected chi connectivity index (χ1v) is 10.1. The Bertz CT molecular complexity index is 1060. The summed E-state index contributed by atoms with van der Waals surface area (Å²) in [5.41, 5.74) is 0.814. The second kappa shape index (κ2) is 8.52. The minimum Gasteiger partial charge on any atom is -0.490 e. The molecule has 1 aliphatic heterocycles. The Balaban J connectivity index is 1.30. The third-order valence-electron chi connectivity index (χ3n) is 5.45. The molecule has 4 rings (SSSR count). The Morgan fingerprint density at radius 1 is 1.10 bits per heavy atom. The molecule has 29 heavy (non-hydrogen) atoms. The van der Waals surface area contributed by atoms with Gasteiger partial charge in [-0.15, -0.1) is 0 Å². The summed E-state index contributed by atoms with van der Waals surface area (Å²) in [6.07, 6.45) is 2.80. The Morgan fingerprint density at radius 2 is 1.86 bits per heavy atom. The summed E-state index contributed by atoms with van der Waals surface area (Å²) >= 11 is 0. The van der Waals surface area contributed by atoms with Gasteiger partial charge in [-0.3, -0.25) is 4.79 Å². The van der Waals surface area contributed by atoms with Crippen molar-refractivity contribution in [3.63, 3.8) is 0 Å². The second-order valence-electron chi connectivity index (χ2n) is 7.56. The van der Waals surface area contributed by atoms with Crippen LogP contribution in [0.3, 0.4) is 0 Å². The molecule has 0 saturated carbocycles. The van der Waals surface area contributed by atoms with Gasteiger partial charge in [-0.1, -0.05) is 42.5 Å². The number of nitrogens with zero attached hydrogens (tertiary/aromatic N) is 1. The molecule has 0 radical (unpaired) electrons. The molecular formula is C24H25NO4. The zero-order chi connectivity index (χ0) is 20.2. The first-order chi connectivity index (χ1) is 14.1. The average Bonchev–Trinajstić information content (AvgIpc) is 2.72. The zero-order valence-electron chi connectivity index (χ0n) is 16.6. The van der Waals surface area contributed by atoms with E-state index in [1.54, 1.807) is 13.0 Å². The average molecular weight is 391 g/mol. The predicted octanol–water partition coefficient (Wildman–Crippen LogP) is 4.10. The second-order valence-corrected chi connectivity index (χ2v) is 7.56. The van der Waals surface area contributed by atoms with Crippen molar-refractivity contribution in [2.45, 2.75) is 38.7 Å². The van der Waals surface area contributed by atoms with Crippen LogP contribution < -0.4 is 10.4 Å². The Hall–Kier alpha value is -3.08. The summed E-state index contributed by atoms with van der Waals surface area (Å²) < 4.78 is 10.9. The van der Waals surface area contributed by atoms with Gasteiger partial charge in [-0.05, 0) is 29.7 Å². The maximum Gasteiger partial charge on any atom is 0.339 e. The van der Waals surface area contributed by atoms with E-state index in [0.29, 0.717) is 31.0 Å². The molecule has 1 aromatic heterocycles. The Kier molecular flexibility index (Phi) is 5.65. The SMILES string of the molecule is Cc1cc(OC2CCN(C(=O)CCc3cccc4ccccc34)CC2)cc(=O)o1. The van der Waals surface area contributed by atoms with E-state index < -0.39 is 5.63 Å². The topological polar surface area (TPSA) is 59.8 Å². The lowest BCUT2D eigenvalue weighted by atomic mass is 10.00. The molecule has 1 aliphatic rings. The molecule has 0 aliphatic carbocycles. The minimum atomic E-state index is -0.402. The van der Waals surface area contributed by atoms with Crippen molar-refractivity contribution in [3.05, 3.63) is 76.3 Å². The Morgan fingerprint density at radius 3 is 2.66 bits per heavy atom. The van der Waals surface area contributed by atoms with E-state index >= 15 is 0 Å². The largest absolute Gasteiger partial charge is 0.490 e. The van der Waals surface area contributed by atoms with E-state index in [1.165, 1.54) is 22.4 Å². The van der Waals surface area contributed by atoms with Crippen molar-refractivity contribution in [3.8, 4) is 5.75 Å². The normalized spacial score (nSPS) is 14.9. The van der Waals surface area contributed by atoms with Gasteiger partial charge in [0.2, 0.25) is 5.91 Å². The number of aryl methyl sites for hydroxylation is 2. The number of carbonyl (C=O) groups is 1. The van der Waals surface area contributed by atoms with Crippen molar-refractivity contribution >= 4 is 16.7 Å². The maximum absolute atomic E-state index is 12.7. The molecule has 2 heterocycles. The van der Waals surface area contributed by atoms with Gasteiger partial charge >= 0.3 is 5.63 Å². The summed E-state index contributed by atoms with van der Waals surface area (Å²) in [5, 5.41) is 2.43. The van der Waals surface area contributed by atoms with Crippen LogP contribution in [0, 0.1) is 6.92 Å². The number of carbonyl (C=O) groups excluding carboxylic acids is 1. The first-order valence-electron chi connectivity index (χ1n) is 10.1. The van der Waals surface area contributed by atoms with Crippen LogP contribution in [-0.4, -0.2) is 30.0 Å². The van der Waals surface area contributed by atoms with Crippen LogP contribution in [-0.2, 0) is 11.2 Å². The lowest BCUT2D eigenvalue weighted by molar-refractivity contribution is -0.132. The van der Waals surface area contributed by atoms with Gasteiger partial charge in [-0.25, -0.2) is 4.79 Å². The molecule has 5 heteroatoms. The molecule has 150 valence electrons. The monoisotopic (exact) mass is 391 g/mol. The van der Waals surface area contributed by atoms with E-state index in [-0.39, 0.29) is 12.0 Å².